The Balaban J connectivity index is 1.54. The summed E-state index contributed by atoms with van der Waals surface area (Å²) in [6.45, 7) is 1.42. The van der Waals surface area contributed by atoms with Crippen LogP contribution in [0.5, 0.6) is 11.5 Å². The van der Waals surface area contributed by atoms with Crippen molar-refractivity contribution in [3.05, 3.63) is 54.1 Å². The fourth-order valence-electron chi connectivity index (χ4n) is 3.23. The second-order valence-corrected chi connectivity index (χ2v) is 8.72. The monoisotopic (exact) mass is 434 g/mol. The summed E-state index contributed by atoms with van der Waals surface area (Å²) in [7, 11) is -0.744. The third kappa shape index (κ3) is 5.10. The molecule has 0 atom stereocenters. The first-order valence-corrected chi connectivity index (χ1v) is 11.0. The lowest BCUT2D eigenvalue weighted by Crippen LogP contribution is -2.51. The Hall–Kier alpha value is -2.62. The van der Waals surface area contributed by atoms with E-state index < -0.39 is 10.0 Å². The highest BCUT2D eigenvalue weighted by Crippen LogP contribution is 2.30. The number of ether oxygens (including phenoxy) is 3. The van der Waals surface area contributed by atoms with Crippen molar-refractivity contribution in [2.24, 2.45) is 0 Å². The van der Waals surface area contributed by atoms with Crippen molar-refractivity contribution in [2.45, 2.75) is 11.5 Å². The molecule has 0 N–H and O–H groups in total. The van der Waals surface area contributed by atoms with E-state index >= 15 is 0 Å². The Morgan fingerprint density at radius 2 is 1.60 bits per heavy atom. The predicted molar refractivity (Wildman–Crippen MR) is 111 cm³/mol. The van der Waals surface area contributed by atoms with Crippen LogP contribution in [0.1, 0.15) is 5.56 Å². The van der Waals surface area contributed by atoms with Crippen LogP contribution in [0, 0.1) is 0 Å². The molecule has 8 nitrogen and oxygen atoms in total. The molecule has 0 saturated carbocycles. The molecule has 0 aromatic heterocycles. The number of hydrogen-bond acceptors (Lipinski definition) is 6. The Morgan fingerprint density at radius 3 is 2.23 bits per heavy atom. The lowest BCUT2D eigenvalue weighted by molar-refractivity contribution is -0.137. The van der Waals surface area contributed by atoms with Crippen molar-refractivity contribution in [3.8, 4) is 11.5 Å². The van der Waals surface area contributed by atoms with Gasteiger partial charge < -0.3 is 19.1 Å². The maximum Gasteiger partial charge on any atom is 0.248 e. The molecule has 0 radical (unpaired) electrons. The van der Waals surface area contributed by atoms with Crippen molar-refractivity contribution >= 4 is 15.9 Å². The highest BCUT2D eigenvalue weighted by molar-refractivity contribution is 7.89. The third-order valence-corrected chi connectivity index (χ3v) is 6.82. The van der Waals surface area contributed by atoms with Gasteiger partial charge in [0.05, 0.1) is 25.7 Å². The summed E-state index contributed by atoms with van der Waals surface area (Å²) in [5.74, 6) is 0.666. The van der Waals surface area contributed by atoms with Crippen molar-refractivity contribution in [1.29, 1.82) is 0 Å². The van der Waals surface area contributed by atoms with Crippen LogP contribution in [0.25, 0.3) is 0 Å². The maximum atomic E-state index is 13.0. The van der Waals surface area contributed by atoms with Crippen LogP contribution in [-0.4, -0.2) is 70.5 Å². The molecular weight excluding hydrogens is 408 g/mol. The number of amides is 1. The fourth-order valence-corrected chi connectivity index (χ4v) is 4.66. The van der Waals surface area contributed by atoms with Gasteiger partial charge in [-0.15, -0.1) is 0 Å². The van der Waals surface area contributed by atoms with E-state index in [0.29, 0.717) is 31.2 Å². The van der Waals surface area contributed by atoms with Gasteiger partial charge in [-0.1, -0.05) is 30.3 Å². The molecule has 1 amide bonds. The summed E-state index contributed by atoms with van der Waals surface area (Å²) in [4.78, 5) is 14.1. The highest BCUT2D eigenvalue weighted by Gasteiger charge is 2.30. The average molecular weight is 435 g/mol. The number of carbonyl (C=O) groups is 1. The number of nitrogens with zero attached hydrogens (tertiary/aromatic N) is 2. The lowest BCUT2D eigenvalue weighted by Gasteiger charge is -2.34. The molecule has 3 rings (SSSR count). The number of methoxy groups -OCH3 is 2. The van der Waals surface area contributed by atoms with Gasteiger partial charge in [0.15, 0.2) is 11.5 Å². The van der Waals surface area contributed by atoms with Crippen molar-refractivity contribution in [2.75, 3.05) is 47.0 Å². The summed E-state index contributed by atoms with van der Waals surface area (Å²) < 4.78 is 43.2. The molecule has 1 aliphatic rings. The van der Waals surface area contributed by atoms with Gasteiger partial charge in [-0.05, 0) is 17.7 Å². The second kappa shape index (κ2) is 9.92. The molecule has 1 saturated heterocycles. The molecule has 0 spiro atoms. The van der Waals surface area contributed by atoms with E-state index in [1.165, 1.54) is 30.7 Å². The quantitative estimate of drug-likeness (QED) is 0.629. The van der Waals surface area contributed by atoms with E-state index in [1.807, 2.05) is 30.3 Å². The zero-order valence-corrected chi connectivity index (χ0v) is 17.9. The number of carbonyl (C=O) groups excluding carboxylic acids is 1. The van der Waals surface area contributed by atoms with Crippen LogP contribution < -0.4 is 9.47 Å². The third-order valence-electron chi connectivity index (χ3n) is 4.92. The van der Waals surface area contributed by atoms with Crippen molar-refractivity contribution in [3.63, 3.8) is 0 Å². The molecule has 1 heterocycles. The Kier molecular flexibility index (Phi) is 7.30. The first kappa shape index (κ1) is 22.1. The number of sulfonamides is 1. The Morgan fingerprint density at radius 1 is 0.933 bits per heavy atom. The van der Waals surface area contributed by atoms with Gasteiger partial charge in [0, 0.05) is 32.2 Å². The summed E-state index contributed by atoms with van der Waals surface area (Å²) in [5, 5.41) is 0. The topological polar surface area (TPSA) is 85.4 Å². The standard InChI is InChI=1S/C21H26N2O6S/c1-27-19-9-8-18(14-20(19)28-2)30(25,26)23-12-10-22(11-13-23)21(24)16-29-15-17-6-4-3-5-7-17/h3-9,14H,10-13,15-16H2,1-2H3. The normalized spacial score (nSPS) is 15.1. The minimum Gasteiger partial charge on any atom is -0.493 e. The molecule has 162 valence electrons. The summed E-state index contributed by atoms with van der Waals surface area (Å²) in [5.41, 5.74) is 0.996. The van der Waals surface area contributed by atoms with Crippen molar-refractivity contribution < 1.29 is 27.4 Å². The molecular formula is C21H26N2O6S. The largest absolute Gasteiger partial charge is 0.493 e. The number of hydrogen-bond donors (Lipinski definition) is 0. The zero-order chi connectivity index (χ0) is 21.6. The minimum absolute atomic E-state index is 0.0304. The molecule has 0 aliphatic carbocycles. The highest BCUT2D eigenvalue weighted by atomic mass is 32.2. The van der Waals surface area contributed by atoms with E-state index in [4.69, 9.17) is 14.2 Å². The number of benzene rings is 2. The molecule has 0 bridgehead atoms. The molecule has 30 heavy (non-hydrogen) atoms. The van der Waals surface area contributed by atoms with Gasteiger partial charge in [-0.25, -0.2) is 8.42 Å². The molecule has 0 unspecified atom stereocenters. The van der Waals surface area contributed by atoms with Gasteiger partial charge in [-0.3, -0.25) is 4.79 Å². The summed E-state index contributed by atoms with van der Waals surface area (Å²) >= 11 is 0. The Bertz CT molecular complexity index is 957. The van der Waals surface area contributed by atoms with Crippen LogP contribution in [-0.2, 0) is 26.2 Å². The van der Waals surface area contributed by atoms with Gasteiger partial charge in [0.2, 0.25) is 15.9 Å². The molecule has 2 aromatic rings. The SMILES string of the molecule is COc1ccc(S(=O)(=O)N2CCN(C(=O)COCc3ccccc3)CC2)cc1OC. The number of rotatable bonds is 8. The van der Waals surface area contributed by atoms with Crippen molar-refractivity contribution in [1.82, 2.24) is 9.21 Å². The molecule has 1 fully saturated rings. The smallest absolute Gasteiger partial charge is 0.248 e. The van der Waals surface area contributed by atoms with E-state index in [1.54, 1.807) is 11.0 Å². The first-order valence-electron chi connectivity index (χ1n) is 9.57. The van der Waals surface area contributed by atoms with Crippen LogP contribution in [0.15, 0.2) is 53.4 Å². The van der Waals surface area contributed by atoms with Crippen LogP contribution in [0.4, 0.5) is 0 Å². The van der Waals surface area contributed by atoms with E-state index in [2.05, 4.69) is 0 Å². The summed E-state index contributed by atoms with van der Waals surface area (Å²) in [6.07, 6.45) is 0. The maximum absolute atomic E-state index is 13.0. The van der Waals surface area contributed by atoms with Crippen LogP contribution in [0.3, 0.4) is 0 Å². The zero-order valence-electron chi connectivity index (χ0n) is 17.1. The van der Waals surface area contributed by atoms with Crippen LogP contribution >= 0.6 is 0 Å². The molecule has 9 heteroatoms. The van der Waals surface area contributed by atoms with E-state index in [9.17, 15) is 13.2 Å². The fraction of sp³-hybridized carbons (Fsp3) is 0.381. The predicted octanol–water partition coefficient (Wildman–Crippen LogP) is 1.75. The number of piperazine rings is 1. The van der Waals surface area contributed by atoms with Gasteiger partial charge in [-0.2, -0.15) is 4.31 Å². The first-order chi connectivity index (χ1) is 14.5. The van der Waals surface area contributed by atoms with Crippen LogP contribution in [0.2, 0.25) is 0 Å². The Labute approximate surface area is 177 Å². The molecule has 2 aromatic carbocycles. The van der Waals surface area contributed by atoms with E-state index in [0.717, 1.165) is 5.56 Å². The van der Waals surface area contributed by atoms with Gasteiger partial charge in [0.1, 0.15) is 6.61 Å². The van der Waals surface area contributed by atoms with E-state index in [-0.39, 0.29) is 30.5 Å². The minimum atomic E-state index is -3.69. The van der Waals surface area contributed by atoms with Gasteiger partial charge in [0.25, 0.3) is 0 Å². The lowest BCUT2D eigenvalue weighted by atomic mass is 10.2. The second-order valence-electron chi connectivity index (χ2n) is 6.78. The molecule has 1 aliphatic heterocycles. The van der Waals surface area contributed by atoms with Gasteiger partial charge >= 0.3 is 0 Å². The average Bonchev–Trinajstić information content (AvgIpc) is 2.79. The summed E-state index contributed by atoms with van der Waals surface area (Å²) in [6, 6.07) is 14.1.